The highest BCUT2D eigenvalue weighted by Crippen LogP contribution is 2.37. The van der Waals surface area contributed by atoms with Crippen molar-refractivity contribution in [2.24, 2.45) is 0 Å². The fourth-order valence-electron chi connectivity index (χ4n) is 4.30. The number of alkyl carbamates (subject to hydrolysis) is 1. The van der Waals surface area contributed by atoms with E-state index in [-0.39, 0.29) is 5.91 Å². The third-order valence-electron chi connectivity index (χ3n) is 6.27. The lowest BCUT2D eigenvalue weighted by atomic mass is 10.0. The Morgan fingerprint density at radius 2 is 1.83 bits per heavy atom. The molecule has 0 bridgehead atoms. The number of aromatic nitrogens is 1. The molecule has 5 rings (SSSR count). The predicted octanol–water partition coefficient (Wildman–Crippen LogP) is 5.92. The minimum atomic E-state index is -0.473. The van der Waals surface area contributed by atoms with Crippen molar-refractivity contribution in [2.75, 3.05) is 24.3 Å². The van der Waals surface area contributed by atoms with Crippen molar-refractivity contribution in [3.63, 3.8) is 0 Å². The number of anilines is 2. The molecule has 1 atom stereocenters. The number of hydrogen-bond donors (Lipinski definition) is 2. The van der Waals surface area contributed by atoms with Crippen LogP contribution in [0.2, 0.25) is 0 Å². The lowest BCUT2D eigenvalue weighted by Crippen LogP contribution is -2.27. The summed E-state index contributed by atoms with van der Waals surface area (Å²) in [6, 6.07) is 21.6. The maximum absolute atomic E-state index is 12.9. The van der Waals surface area contributed by atoms with E-state index in [1.165, 1.54) is 11.3 Å². The van der Waals surface area contributed by atoms with Gasteiger partial charge in [0.05, 0.1) is 5.69 Å². The summed E-state index contributed by atoms with van der Waals surface area (Å²) in [6.07, 6.45) is 1.57. The van der Waals surface area contributed by atoms with Gasteiger partial charge in [0, 0.05) is 36.8 Å². The Morgan fingerprint density at radius 1 is 1.06 bits per heavy atom. The van der Waals surface area contributed by atoms with E-state index in [0.717, 1.165) is 45.4 Å². The summed E-state index contributed by atoms with van der Waals surface area (Å²) in [5.74, 6) is -0.206. The van der Waals surface area contributed by atoms with Gasteiger partial charge in [0.2, 0.25) is 0 Å². The summed E-state index contributed by atoms with van der Waals surface area (Å²) < 4.78 is 5.73. The fourth-order valence-corrected chi connectivity index (χ4v) is 5.35. The van der Waals surface area contributed by atoms with E-state index >= 15 is 0 Å². The number of carbonyl (C=O) groups is 2. The highest BCUT2D eigenvalue weighted by Gasteiger charge is 2.28. The molecule has 8 heteroatoms. The van der Waals surface area contributed by atoms with Gasteiger partial charge in [-0.3, -0.25) is 10.1 Å². The van der Waals surface area contributed by atoms with Gasteiger partial charge in [-0.15, -0.1) is 11.3 Å². The summed E-state index contributed by atoms with van der Waals surface area (Å²) in [6.45, 7) is 0.385. The van der Waals surface area contributed by atoms with Crippen molar-refractivity contribution in [3.8, 4) is 0 Å². The number of nitrogens with zero attached hydrogens (tertiary/aromatic N) is 2. The van der Waals surface area contributed by atoms with Crippen molar-refractivity contribution < 1.29 is 14.3 Å². The Morgan fingerprint density at radius 3 is 2.61 bits per heavy atom. The van der Waals surface area contributed by atoms with Gasteiger partial charge in [0.1, 0.15) is 6.10 Å². The van der Waals surface area contributed by atoms with E-state index in [9.17, 15) is 9.59 Å². The second-order valence-electron chi connectivity index (χ2n) is 9.04. The molecular formula is C28H28N4O3S. The highest BCUT2D eigenvalue weighted by atomic mass is 32.1. The van der Waals surface area contributed by atoms with Crippen molar-refractivity contribution in [1.29, 1.82) is 0 Å². The molecule has 1 heterocycles. The molecule has 36 heavy (non-hydrogen) atoms. The number of rotatable bonds is 6. The molecule has 184 valence electrons. The number of benzene rings is 3. The van der Waals surface area contributed by atoms with E-state index in [4.69, 9.17) is 4.74 Å². The van der Waals surface area contributed by atoms with Gasteiger partial charge in [-0.25, -0.2) is 9.78 Å². The van der Waals surface area contributed by atoms with Crippen LogP contribution in [0, 0.1) is 0 Å². The Hall–Kier alpha value is -3.91. The number of thiazole rings is 1. The van der Waals surface area contributed by atoms with Crippen LogP contribution in [0.3, 0.4) is 0 Å². The van der Waals surface area contributed by atoms with Crippen molar-refractivity contribution in [1.82, 2.24) is 10.3 Å². The largest absolute Gasteiger partial charge is 0.440 e. The van der Waals surface area contributed by atoms with Crippen LogP contribution in [0.4, 0.5) is 15.6 Å². The summed E-state index contributed by atoms with van der Waals surface area (Å²) in [5, 5.41) is 8.37. The van der Waals surface area contributed by atoms with Crippen molar-refractivity contribution in [3.05, 3.63) is 88.4 Å². The molecule has 0 saturated heterocycles. The number of amides is 2. The zero-order chi connectivity index (χ0) is 25.1. The summed E-state index contributed by atoms with van der Waals surface area (Å²) in [4.78, 5) is 33.1. The molecule has 1 aromatic heterocycles. The number of aryl methyl sites for hydroxylation is 1. The highest BCUT2D eigenvalue weighted by molar-refractivity contribution is 7.15. The molecule has 0 fully saturated rings. The number of ether oxygens (including phenoxy) is 1. The topological polar surface area (TPSA) is 83.6 Å². The SMILES string of the molecule is CN(C)c1ccc(CNC(=O)OC2CCCc3sc(NC(=O)c4ccc5ccccc5c4)nc32)cc1. The van der Waals surface area contributed by atoms with Crippen LogP contribution in [0.5, 0.6) is 0 Å². The molecular weight excluding hydrogens is 472 g/mol. The molecule has 0 spiro atoms. The molecule has 0 radical (unpaired) electrons. The summed E-state index contributed by atoms with van der Waals surface area (Å²) in [5.41, 5.74) is 3.41. The van der Waals surface area contributed by atoms with E-state index in [0.29, 0.717) is 23.7 Å². The maximum atomic E-state index is 12.9. The minimum Gasteiger partial charge on any atom is -0.440 e. The first kappa shape index (κ1) is 23.8. The van der Waals surface area contributed by atoms with E-state index < -0.39 is 12.2 Å². The van der Waals surface area contributed by atoms with Crippen molar-refractivity contribution in [2.45, 2.75) is 31.9 Å². The first-order chi connectivity index (χ1) is 17.5. The van der Waals surface area contributed by atoms with Gasteiger partial charge in [-0.05, 0) is 59.9 Å². The predicted molar refractivity (Wildman–Crippen MR) is 144 cm³/mol. The van der Waals surface area contributed by atoms with Crippen LogP contribution < -0.4 is 15.5 Å². The molecule has 4 aromatic rings. The Kier molecular flexibility index (Phi) is 6.86. The zero-order valence-corrected chi connectivity index (χ0v) is 21.1. The van der Waals surface area contributed by atoms with E-state index in [2.05, 4.69) is 15.6 Å². The van der Waals surface area contributed by atoms with Gasteiger partial charge >= 0.3 is 6.09 Å². The maximum Gasteiger partial charge on any atom is 0.408 e. The Bertz CT molecular complexity index is 1400. The van der Waals surface area contributed by atoms with Crippen LogP contribution in [0.1, 0.15) is 45.4 Å². The Labute approximate surface area is 214 Å². The van der Waals surface area contributed by atoms with Crippen LogP contribution in [-0.4, -0.2) is 31.1 Å². The molecule has 1 unspecified atom stereocenters. The monoisotopic (exact) mass is 500 g/mol. The van der Waals surface area contributed by atoms with Gasteiger partial charge in [-0.2, -0.15) is 0 Å². The first-order valence-electron chi connectivity index (χ1n) is 12.0. The fraction of sp³-hybridized carbons (Fsp3) is 0.250. The average Bonchev–Trinajstić information content (AvgIpc) is 3.31. The van der Waals surface area contributed by atoms with Gasteiger partial charge in [-0.1, -0.05) is 42.5 Å². The van der Waals surface area contributed by atoms with Gasteiger partial charge < -0.3 is 15.0 Å². The molecule has 0 aliphatic heterocycles. The van der Waals surface area contributed by atoms with Crippen LogP contribution in [0.25, 0.3) is 10.8 Å². The number of nitrogens with one attached hydrogen (secondary N) is 2. The van der Waals surface area contributed by atoms with E-state index in [1.54, 1.807) is 0 Å². The average molecular weight is 501 g/mol. The van der Waals surface area contributed by atoms with Crippen molar-refractivity contribution >= 4 is 44.9 Å². The van der Waals surface area contributed by atoms with Crippen LogP contribution in [-0.2, 0) is 17.7 Å². The summed E-state index contributed by atoms with van der Waals surface area (Å²) in [7, 11) is 3.98. The standard InChI is InChI=1S/C28H28N4O3S/c1-32(2)22-14-10-18(11-15-22)17-29-28(34)35-23-8-5-9-24-25(23)30-27(36-24)31-26(33)21-13-12-19-6-3-4-7-20(19)16-21/h3-4,6-7,10-16,23H,5,8-9,17H2,1-2H3,(H,29,34)(H,30,31,33). The second kappa shape index (κ2) is 10.4. The van der Waals surface area contributed by atoms with E-state index in [1.807, 2.05) is 85.7 Å². The number of hydrogen-bond acceptors (Lipinski definition) is 6. The lowest BCUT2D eigenvalue weighted by molar-refractivity contribution is 0.0850. The number of fused-ring (bicyclic) bond motifs is 2. The van der Waals surface area contributed by atoms with Crippen LogP contribution in [0.15, 0.2) is 66.7 Å². The molecule has 1 aliphatic carbocycles. The third kappa shape index (κ3) is 5.33. The molecule has 1 aliphatic rings. The number of carbonyl (C=O) groups excluding carboxylic acids is 2. The summed E-state index contributed by atoms with van der Waals surface area (Å²) >= 11 is 1.45. The van der Waals surface area contributed by atoms with Gasteiger partial charge in [0.15, 0.2) is 5.13 Å². The van der Waals surface area contributed by atoms with Crippen LogP contribution >= 0.6 is 11.3 Å². The lowest BCUT2D eigenvalue weighted by Gasteiger charge is -2.21. The molecule has 2 N–H and O–H groups in total. The quantitative estimate of drug-likeness (QED) is 0.343. The molecule has 7 nitrogen and oxygen atoms in total. The second-order valence-corrected chi connectivity index (χ2v) is 10.1. The zero-order valence-electron chi connectivity index (χ0n) is 20.3. The molecule has 0 saturated carbocycles. The first-order valence-corrected chi connectivity index (χ1v) is 12.8. The molecule has 3 aromatic carbocycles. The minimum absolute atomic E-state index is 0.206. The Balaban J connectivity index is 1.21. The normalized spacial score (nSPS) is 14.7. The molecule has 2 amide bonds. The smallest absolute Gasteiger partial charge is 0.408 e. The van der Waals surface area contributed by atoms with Gasteiger partial charge in [0.25, 0.3) is 5.91 Å². The third-order valence-corrected chi connectivity index (χ3v) is 7.32.